The molecule has 2 rings (SSSR count). The molecule has 0 saturated heterocycles. The topological polar surface area (TPSA) is 56.0 Å². The molecule has 118 valence electrons. The second-order valence-corrected chi connectivity index (χ2v) is 6.61. The van der Waals surface area contributed by atoms with Gasteiger partial charge in [0.1, 0.15) is 6.23 Å². The van der Waals surface area contributed by atoms with Gasteiger partial charge in [0, 0.05) is 5.54 Å². The average molecular weight is 298 g/mol. The number of hydrogen-bond acceptors (Lipinski definition) is 3. The zero-order valence-corrected chi connectivity index (χ0v) is 13.8. The number of benzene rings is 1. The highest BCUT2D eigenvalue weighted by Gasteiger charge is 2.35. The quantitative estimate of drug-likeness (QED) is 0.810. The van der Waals surface area contributed by atoms with Crippen molar-refractivity contribution < 1.29 is 5.11 Å². The van der Waals surface area contributed by atoms with Crippen LogP contribution in [0, 0.1) is 18.3 Å². The molecule has 1 heterocycles. The first-order chi connectivity index (χ1) is 10.5. The Balaban J connectivity index is 2.31. The fraction of sp³-hybridized carbons (Fsp3) is 0.526. The van der Waals surface area contributed by atoms with Crippen molar-refractivity contribution in [3.8, 4) is 6.07 Å². The molecule has 22 heavy (non-hydrogen) atoms. The standard InChI is InChI=1S/C19H26N2O/c1-4-5-6-11-19(3)12-16(17(13-20)18(22)21-19)15-9-7-14(2)8-10-15/h7-10,18,21-22H,4-6,11-12H2,1-3H3. The minimum atomic E-state index is -0.873. The number of aliphatic hydroxyl groups excluding tert-OH is 1. The largest absolute Gasteiger partial charge is 0.374 e. The van der Waals surface area contributed by atoms with Crippen molar-refractivity contribution >= 4 is 5.57 Å². The Morgan fingerprint density at radius 1 is 1.32 bits per heavy atom. The summed E-state index contributed by atoms with van der Waals surface area (Å²) in [5.41, 5.74) is 3.52. The van der Waals surface area contributed by atoms with Crippen LogP contribution in [0.1, 0.15) is 57.1 Å². The summed E-state index contributed by atoms with van der Waals surface area (Å²) in [6, 6.07) is 10.4. The maximum absolute atomic E-state index is 10.4. The first-order valence-corrected chi connectivity index (χ1v) is 8.15. The number of unbranched alkanes of at least 4 members (excludes halogenated alkanes) is 2. The summed E-state index contributed by atoms with van der Waals surface area (Å²) in [4.78, 5) is 0. The Kier molecular flexibility index (Phi) is 5.39. The molecule has 2 N–H and O–H groups in total. The van der Waals surface area contributed by atoms with E-state index in [0.717, 1.165) is 30.4 Å². The van der Waals surface area contributed by atoms with Crippen LogP contribution in [-0.2, 0) is 0 Å². The minimum absolute atomic E-state index is 0.158. The van der Waals surface area contributed by atoms with Gasteiger partial charge in [0.25, 0.3) is 0 Å². The van der Waals surface area contributed by atoms with Gasteiger partial charge in [-0.15, -0.1) is 0 Å². The Morgan fingerprint density at radius 3 is 2.59 bits per heavy atom. The van der Waals surface area contributed by atoms with Gasteiger partial charge in [0.2, 0.25) is 0 Å². The van der Waals surface area contributed by atoms with Gasteiger partial charge in [-0.25, -0.2) is 0 Å². The second kappa shape index (κ2) is 7.09. The van der Waals surface area contributed by atoms with E-state index in [2.05, 4.69) is 44.3 Å². The van der Waals surface area contributed by atoms with Gasteiger partial charge in [0.15, 0.2) is 0 Å². The summed E-state index contributed by atoms with van der Waals surface area (Å²) in [6.07, 6.45) is 4.42. The van der Waals surface area contributed by atoms with E-state index >= 15 is 0 Å². The van der Waals surface area contributed by atoms with Crippen molar-refractivity contribution in [3.63, 3.8) is 0 Å². The summed E-state index contributed by atoms with van der Waals surface area (Å²) in [5.74, 6) is 0. The highest BCUT2D eigenvalue weighted by molar-refractivity contribution is 5.74. The van der Waals surface area contributed by atoms with Crippen molar-refractivity contribution in [3.05, 3.63) is 41.0 Å². The first kappa shape index (κ1) is 16.7. The molecule has 0 aromatic heterocycles. The van der Waals surface area contributed by atoms with Crippen LogP contribution in [0.4, 0.5) is 0 Å². The molecule has 3 nitrogen and oxygen atoms in total. The number of rotatable bonds is 5. The van der Waals surface area contributed by atoms with Crippen LogP contribution in [0.25, 0.3) is 5.57 Å². The molecule has 0 spiro atoms. The summed E-state index contributed by atoms with van der Waals surface area (Å²) < 4.78 is 0. The van der Waals surface area contributed by atoms with Gasteiger partial charge in [0.05, 0.1) is 11.6 Å². The van der Waals surface area contributed by atoms with Gasteiger partial charge >= 0.3 is 0 Å². The monoisotopic (exact) mass is 298 g/mol. The Morgan fingerprint density at radius 2 is 2.00 bits per heavy atom. The minimum Gasteiger partial charge on any atom is -0.374 e. The number of nitrogens with one attached hydrogen (secondary N) is 1. The van der Waals surface area contributed by atoms with Crippen LogP contribution in [0.2, 0.25) is 0 Å². The van der Waals surface area contributed by atoms with E-state index in [1.54, 1.807) is 0 Å². The molecule has 0 amide bonds. The number of hydrogen-bond donors (Lipinski definition) is 2. The van der Waals surface area contributed by atoms with Gasteiger partial charge < -0.3 is 5.11 Å². The maximum Gasteiger partial charge on any atom is 0.141 e. The molecule has 1 aromatic rings. The second-order valence-electron chi connectivity index (χ2n) is 6.61. The van der Waals surface area contributed by atoms with Crippen molar-refractivity contribution in [2.24, 2.45) is 0 Å². The van der Waals surface area contributed by atoms with Crippen molar-refractivity contribution in [2.75, 3.05) is 0 Å². The van der Waals surface area contributed by atoms with Crippen molar-refractivity contribution in [1.82, 2.24) is 5.32 Å². The van der Waals surface area contributed by atoms with Crippen LogP contribution in [0.5, 0.6) is 0 Å². The maximum atomic E-state index is 10.4. The van der Waals surface area contributed by atoms with Crippen molar-refractivity contribution in [2.45, 2.75) is 64.6 Å². The third kappa shape index (κ3) is 3.76. The number of aryl methyl sites for hydroxylation is 1. The van der Waals surface area contributed by atoms with Crippen LogP contribution in [0.15, 0.2) is 29.8 Å². The van der Waals surface area contributed by atoms with Crippen LogP contribution in [0.3, 0.4) is 0 Å². The van der Waals surface area contributed by atoms with Crippen molar-refractivity contribution in [1.29, 1.82) is 5.26 Å². The van der Waals surface area contributed by atoms with Gasteiger partial charge in [-0.1, -0.05) is 56.0 Å². The predicted octanol–water partition coefficient (Wildman–Crippen LogP) is 3.92. The Bertz CT molecular complexity index is 582. The average Bonchev–Trinajstić information content (AvgIpc) is 2.47. The van der Waals surface area contributed by atoms with E-state index < -0.39 is 6.23 Å². The molecule has 2 unspecified atom stereocenters. The predicted molar refractivity (Wildman–Crippen MR) is 90.0 cm³/mol. The molecular weight excluding hydrogens is 272 g/mol. The molecule has 0 radical (unpaired) electrons. The first-order valence-electron chi connectivity index (χ1n) is 8.15. The number of nitriles is 1. The lowest BCUT2D eigenvalue weighted by molar-refractivity contribution is 0.117. The van der Waals surface area contributed by atoms with E-state index in [1.165, 1.54) is 18.4 Å². The van der Waals surface area contributed by atoms with E-state index in [4.69, 9.17) is 0 Å². The van der Waals surface area contributed by atoms with Crippen LogP contribution < -0.4 is 5.32 Å². The zero-order chi connectivity index (χ0) is 16.2. The van der Waals surface area contributed by atoms with Crippen LogP contribution in [-0.4, -0.2) is 16.9 Å². The SMILES string of the molecule is CCCCCC1(C)CC(c2ccc(C)cc2)=C(C#N)C(O)N1. The summed E-state index contributed by atoms with van der Waals surface area (Å²) in [6.45, 7) is 6.39. The molecule has 0 fully saturated rings. The Hall–Kier alpha value is -1.63. The summed E-state index contributed by atoms with van der Waals surface area (Å²) in [7, 11) is 0. The Labute approximate surface area is 133 Å². The lowest BCUT2D eigenvalue weighted by Crippen LogP contribution is -2.52. The molecule has 2 atom stereocenters. The fourth-order valence-corrected chi connectivity index (χ4v) is 3.17. The van der Waals surface area contributed by atoms with Crippen LogP contribution >= 0.6 is 0 Å². The van der Waals surface area contributed by atoms with Gasteiger partial charge in [-0.2, -0.15) is 5.26 Å². The highest BCUT2D eigenvalue weighted by Crippen LogP contribution is 2.36. The van der Waals surface area contributed by atoms with Gasteiger partial charge in [-0.3, -0.25) is 5.32 Å². The van der Waals surface area contributed by atoms with E-state index in [1.807, 2.05) is 12.1 Å². The molecule has 3 heteroatoms. The molecule has 0 saturated carbocycles. The summed E-state index contributed by atoms with van der Waals surface area (Å²) in [5, 5.41) is 23.0. The molecular formula is C19H26N2O. The molecule has 0 bridgehead atoms. The number of nitrogens with zero attached hydrogens (tertiary/aromatic N) is 1. The van der Waals surface area contributed by atoms with E-state index in [9.17, 15) is 10.4 Å². The zero-order valence-electron chi connectivity index (χ0n) is 13.8. The highest BCUT2D eigenvalue weighted by atomic mass is 16.3. The third-order valence-electron chi connectivity index (χ3n) is 4.50. The smallest absolute Gasteiger partial charge is 0.141 e. The van der Waals surface area contributed by atoms with E-state index in [0.29, 0.717) is 5.57 Å². The lowest BCUT2D eigenvalue weighted by Gasteiger charge is -2.39. The molecule has 0 aliphatic carbocycles. The van der Waals surface area contributed by atoms with Gasteiger partial charge in [-0.05, 0) is 37.8 Å². The molecule has 1 aliphatic heterocycles. The lowest BCUT2D eigenvalue weighted by atomic mass is 9.79. The molecule has 1 aliphatic rings. The fourth-order valence-electron chi connectivity index (χ4n) is 3.17. The normalized spacial score (nSPS) is 25.1. The van der Waals surface area contributed by atoms with E-state index in [-0.39, 0.29) is 5.54 Å². The number of aliphatic hydroxyl groups is 1. The third-order valence-corrected chi connectivity index (χ3v) is 4.50. The summed E-state index contributed by atoms with van der Waals surface area (Å²) >= 11 is 0. The molecule has 1 aromatic carbocycles.